The number of rotatable bonds is 7. The Labute approximate surface area is 211 Å². The van der Waals surface area contributed by atoms with Gasteiger partial charge in [0.1, 0.15) is 12.4 Å². The molecule has 1 aliphatic carbocycles. The number of hydrogen-bond donors (Lipinski definition) is 1. The molecule has 3 aromatic rings. The van der Waals surface area contributed by atoms with Crippen molar-refractivity contribution in [2.45, 2.75) is 51.4 Å². The maximum absolute atomic E-state index is 14.3. The molecule has 0 bridgehead atoms. The second-order valence-corrected chi connectivity index (χ2v) is 9.69. The van der Waals surface area contributed by atoms with Crippen molar-refractivity contribution in [2.75, 3.05) is 32.0 Å². The highest BCUT2D eigenvalue weighted by molar-refractivity contribution is 6.03. The first-order valence-electron chi connectivity index (χ1n) is 12.8. The van der Waals surface area contributed by atoms with E-state index in [1.54, 1.807) is 18.5 Å². The van der Waals surface area contributed by atoms with Gasteiger partial charge in [0, 0.05) is 36.5 Å². The van der Waals surface area contributed by atoms with Crippen molar-refractivity contribution in [2.24, 2.45) is 5.16 Å². The molecule has 2 aromatic heterocycles. The van der Waals surface area contributed by atoms with Gasteiger partial charge in [-0.2, -0.15) is 0 Å². The Balaban J connectivity index is 1.40. The Bertz CT molecular complexity index is 1230. The summed E-state index contributed by atoms with van der Waals surface area (Å²) in [6.45, 7) is 5.89. The summed E-state index contributed by atoms with van der Waals surface area (Å²) in [5, 5.41) is 4.58. The zero-order chi connectivity index (χ0) is 24.9. The average Bonchev–Trinajstić information content (AvgIpc) is 2.89. The maximum Gasteiger partial charge on any atom is 0.220 e. The molecule has 1 aliphatic heterocycles. The number of nitrogens with zero attached hydrogens (tertiary/aromatic N) is 5. The van der Waals surface area contributed by atoms with Crippen LogP contribution in [0.25, 0.3) is 11.1 Å². The SMILES string of the molecule is Cc1nc(N)nc2c1C(=NOCCCN1CCCCC1)CC(c1ccc(F)cc1-c1cccnc1)C2. The smallest absolute Gasteiger partial charge is 0.220 e. The molecule has 0 spiro atoms. The molecular formula is C28H33FN6O. The van der Waals surface area contributed by atoms with Gasteiger partial charge in [-0.25, -0.2) is 14.4 Å². The van der Waals surface area contributed by atoms with Gasteiger partial charge in [-0.3, -0.25) is 4.98 Å². The largest absolute Gasteiger partial charge is 0.396 e. The predicted molar refractivity (Wildman–Crippen MR) is 139 cm³/mol. The number of anilines is 1. The number of hydrogen-bond acceptors (Lipinski definition) is 7. The van der Waals surface area contributed by atoms with Crippen molar-refractivity contribution in [3.63, 3.8) is 0 Å². The molecule has 5 rings (SSSR count). The van der Waals surface area contributed by atoms with Crippen LogP contribution in [0.15, 0.2) is 47.9 Å². The van der Waals surface area contributed by atoms with Gasteiger partial charge in [-0.15, -0.1) is 0 Å². The predicted octanol–water partition coefficient (Wildman–Crippen LogP) is 4.90. The molecule has 2 N–H and O–H groups in total. The Hall–Kier alpha value is -3.39. The number of halogens is 1. The van der Waals surface area contributed by atoms with Crippen molar-refractivity contribution >= 4 is 11.7 Å². The zero-order valence-corrected chi connectivity index (χ0v) is 20.8. The standard InChI is InChI=1S/C28H33FN6O/c1-19-27-25(33-28(30)32-19)15-21(16-26(27)34-36-14-6-13-35-11-3-2-4-12-35)23-9-8-22(29)17-24(23)20-7-5-10-31-18-20/h5,7-10,17-18,21H,2-4,6,11-16H2,1H3,(H2,30,32,33). The lowest BCUT2D eigenvalue weighted by atomic mass is 9.78. The average molecular weight is 489 g/mol. The van der Waals surface area contributed by atoms with Gasteiger partial charge in [-0.1, -0.05) is 23.7 Å². The number of nitrogen functional groups attached to an aromatic ring is 1. The second kappa shape index (κ2) is 11.1. The molecule has 0 radical (unpaired) electrons. The number of piperidine rings is 1. The number of nitrogens with two attached hydrogens (primary N) is 1. The number of aryl methyl sites for hydroxylation is 1. The van der Waals surface area contributed by atoms with E-state index in [0.29, 0.717) is 19.4 Å². The van der Waals surface area contributed by atoms with Crippen LogP contribution in [0, 0.1) is 12.7 Å². The van der Waals surface area contributed by atoms with E-state index >= 15 is 0 Å². The summed E-state index contributed by atoms with van der Waals surface area (Å²) in [6, 6.07) is 8.77. The fraction of sp³-hybridized carbons (Fsp3) is 0.429. The van der Waals surface area contributed by atoms with Gasteiger partial charge in [0.15, 0.2) is 0 Å². The van der Waals surface area contributed by atoms with E-state index in [0.717, 1.165) is 52.3 Å². The monoisotopic (exact) mass is 488 g/mol. The Morgan fingerprint density at radius 2 is 2.00 bits per heavy atom. The summed E-state index contributed by atoms with van der Waals surface area (Å²) in [5.74, 6) is 0.0140. The molecule has 188 valence electrons. The van der Waals surface area contributed by atoms with Crippen LogP contribution in [0.3, 0.4) is 0 Å². The second-order valence-electron chi connectivity index (χ2n) is 9.69. The fourth-order valence-electron chi connectivity index (χ4n) is 5.44. The van der Waals surface area contributed by atoms with Crippen LogP contribution in [0.1, 0.15) is 60.5 Å². The number of pyridine rings is 1. The van der Waals surface area contributed by atoms with E-state index in [9.17, 15) is 4.39 Å². The fourth-order valence-corrected chi connectivity index (χ4v) is 5.44. The van der Waals surface area contributed by atoms with Crippen molar-refractivity contribution in [3.05, 3.63) is 71.1 Å². The molecule has 1 unspecified atom stereocenters. The van der Waals surface area contributed by atoms with Gasteiger partial charge in [0.05, 0.1) is 17.1 Å². The molecule has 7 nitrogen and oxygen atoms in total. The molecule has 1 saturated heterocycles. The minimum atomic E-state index is -0.276. The minimum absolute atomic E-state index is 0.0395. The van der Waals surface area contributed by atoms with Crippen LogP contribution >= 0.6 is 0 Å². The summed E-state index contributed by atoms with van der Waals surface area (Å²) in [5.41, 5.74) is 12.1. The number of likely N-dealkylation sites (tertiary alicyclic amines) is 1. The molecule has 1 fully saturated rings. The summed E-state index contributed by atoms with van der Waals surface area (Å²) in [7, 11) is 0. The Morgan fingerprint density at radius 3 is 2.81 bits per heavy atom. The topological polar surface area (TPSA) is 89.5 Å². The quantitative estimate of drug-likeness (QED) is 0.376. The number of aromatic nitrogens is 3. The normalized spacial score (nSPS) is 19.3. The van der Waals surface area contributed by atoms with Gasteiger partial charge in [-0.05, 0) is 80.9 Å². The van der Waals surface area contributed by atoms with Crippen LogP contribution in [0.4, 0.5) is 10.3 Å². The van der Waals surface area contributed by atoms with Crippen LogP contribution in [0.2, 0.25) is 0 Å². The zero-order valence-electron chi connectivity index (χ0n) is 20.8. The molecule has 3 heterocycles. The molecule has 8 heteroatoms. The lowest BCUT2D eigenvalue weighted by molar-refractivity contribution is 0.124. The first-order valence-corrected chi connectivity index (χ1v) is 12.8. The van der Waals surface area contributed by atoms with E-state index in [2.05, 4.69) is 25.0 Å². The number of oxime groups is 1. The van der Waals surface area contributed by atoms with E-state index in [4.69, 9.17) is 10.6 Å². The molecule has 2 aliphatic rings. The molecular weight excluding hydrogens is 455 g/mol. The Kier molecular flexibility index (Phi) is 7.51. The van der Waals surface area contributed by atoms with Gasteiger partial charge in [0.2, 0.25) is 5.95 Å². The van der Waals surface area contributed by atoms with E-state index in [-0.39, 0.29) is 17.7 Å². The Morgan fingerprint density at radius 1 is 1.14 bits per heavy atom. The molecule has 0 saturated carbocycles. The van der Waals surface area contributed by atoms with Crippen LogP contribution in [-0.4, -0.2) is 51.8 Å². The van der Waals surface area contributed by atoms with Gasteiger partial charge < -0.3 is 15.5 Å². The number of fused-ring (bicyclic) bond motifs is 1. The highest BCUT2D eigenvalue weighted by Crippen LogP contribution is 2.38. The highest BCUT2D eigenvalue weighted by atomic mass is 19.1. The van der Waals surface area contributed by atoms with Crippen LogP contribution < -0.4 is 5.73 Å². The van der Waals surface area contributed by atoms with Crippen LogP contribution in [0.5, 0.6) is 0 Å². The van der Waals surface area contributed by atoms with E-state index < -0.39 is 0 Å². The summed E-state index contributed by atoms with van der Waals surface area (Å²) in [4.78, 5) is 21.5. The maximum atomic E-state index is 14.3. The molecule has 1 aromatic carbocycles. The van der Waals surface area contributed by atoms with E-state index in [1.165, 1.54) is 38.4 Å². The summed E-state index contributed by atoms with van der Waals surface area (Å²) >= 11 is 0. The third kappa shape index (κ3) is 5.54. The van der Waals surface area contributed by atoms with Crippen molar-refractivity contribution in [3.8, 4) is 11.1 Å². The number of benzene rings is 1. The lowest BCUT2D eigenvalue weighted by Gasteiger charge is -2.28. The van der Waals surface area contributed by atoms with Crippen molar-refractivity contribution < 1.29 is 9.23 Å². The first-order chi connectivity index (χ1) is 17.6. The third-order valence-electron chi connectivity index (χ3n) is 7.11. The van der Waals surface area contributed by atoms with Gasteiger partial charge >= 0.3 is 0 Å². The van der Waals surface area contributed by atoms with Gasteiger partial charge in [0.25, 0.3) is 0 Å². The highest BCUT2D eigenvalue weighted by Gasteiger charge is 2.30. The van der Waals surface area contributed by atoms with E-state index in [1.807, 2.05) is 25.1 Å². The minimum Gasteiger partial charge on any atom is -0.396 e. The van der Waals surface area contributed by atoms with Crippen molar-refractivity contribution in [1.82, 2.24) is 19.9 Å². The van der Waals surface area contributed by atoms with Crippen LogP contribution in [-0.2, 0) is 11.3 Å². The summed E-state index contributed by atoms with van der Waals surface area (Å²) < 4.78 is 14.3. The first kappa shape index (κ1) is 24.3. The molecule has 36 heavy (non-hydrogen) atoms. The molecule has 0 amide bonds. The third-order valence-corrected chi connectivity index (χ3v) is 7.11. The molecule has 1 atom stereocenters. The lowest BCUT2D eigenvalue weighted by Crippen LogP contribution is -2.31. The summed E-state index contributed by atoms with van der Waals surface area (Å²) in [6.07, 6.45) is 9.64. The van der Waals surface area contributed by atoms with Crippen molar-refractivity contribution in [1.29, 1.82) is 0 Å².